The Morgan fingerprint density at radius 3 is 2.68 bits per heavy atom. The molecule has 2 fully saturated rings. The number of carbonyl (C=O) groups excluding carboxylic acids is 1. The average molecular weight is 482 g/mol. The minimum absolute atomic E-state index is 0.0589. The molecule has 0 radical (unpaired) electrons. The standard InChI is InChI=1S/C26H29ClFN5O/c1-33(2)24-19-5-3-4-6-21(19)30-25(32-24)29-18-9-11-26(12-10-18)15-22(26)31-23(34)13-16-7-8-17(28)14-20(16)27/h3-8,14,18,22H,9-13,15H2,1-2H3,(H,31,34)(H,29,30,32)/t18?,22-,26?/m0/s1. The molecule has 5 rings (SSSR count). The van der Waals surface area contributed by atoms with E-state index in [0.29, 0.717) is 22.6 Å². The second-order valence-electron chi connectivity index (χ2n) is 9.80. The number of hydrogen-bond acceptors (Lipinski definition) is 5. The van der Waals surface area contributed by atoms with Crippen molar-refractivity contribution < 1.29 is 9.18 Å². The highest BCUT2D eigenvalue weighted by molar-refractivity contribution is 6.31. The average Bonchev–Trinajstić information content (AvgIpc) is 3.47. The second kappa shape index (κ2) is 9.02. The minimum Gasteiger partial charge on any atom is -0.362 e. The maximum absolute atomic E-state index is 13.2. The van der Waals surface area contributed by atoms with Gasteiger partial charge < -0.3 is 15.5 Å². The molecule has 1 spiro atoms. The van der Waals surface area contributed by atoms with Crippen molar-refractivity contribution in [3.63, 3.8) is 0 Å². The van der Waals surface area contributed by atoms with Crippen LogP contribution >= 0.6 is 11.6 Å². The molecular formula is C26H29ClFN5O. The number of para-hydroxylation sites is 1. The lowest BCUT2D eigenvalue weighted by Gasteiger charge is -2.30. The zero-order valence-corrected chi connectivity index (χ0v) is 20.2. The van der Waals surface area contributed by atoms with Crippen LogP contribution in [0.1, 0.15) is 37.7 Å². The summed E-state index contributed by atoms with van der Waals surface area (Å²) in [7, 11) is 3.99. The number of aromatic nitrogens is 2. The first-order valence-corrected chi connectivity index (χ1v) is 12.1. The van der Waals surface area contributed by atoms with Crippen LogP contribution in [0.5, 0.6) is 0 Å². The highest BCUT2D eigenvalue weighted by Gasteiger charge is 2.55. The molecule has 0 bridgehead atoms. The number of rotatable bonds is 6. The monoisotopic (exact) mass is 481 g/mol. The molecule has 0 aliphatic heterocycles. The summed E-state index contributed by atoms with van der Waals surface area (Å²) in [6.45, 7) is 0. The summed E-state index contributed by atoms with van der Waals surface area (Å²) in [6.07, 6.45) is 5.33. The van der Waals surface area contributed by atoms with Crippen molar-refractivity contribution in [2.75, 3.05) is 24.3 Å². The lowest BCUT2D eigenvalue weighted by atomic mass is 9.83. The Morgan fingerprint density at radius 1 is 1.18 bits per heavy atom. The summed E-state index contributed by atoms with van der Waals surface area (Å²) in [6, 6.07) is 12.7. The number of anilines is 2. The quantitative estimate of drug-likeness (QED) is 0.520. The van der Waals surface area contributed by atoms with Crippen molar-refractivity contribution in [3.8, 4) is 0 Å². The van der Waals surface area contributed by atoms with Crippen molar-refractivity contribution in [2.45, 2.75) is 50.6 Å². The third-order valence-corrected chi connectivity index (χ3v) is 7.56. The topological polar surface area (TPSA) is 70.2 Å². The molecule has 0 unspecified atom stereocenters. The molecule has 1 amide bonds. The van der Waals surface area contributed by atoms with E-state index in [2.05, 4.69) is 10.6 Å². The molecule has 3 aromatic rings. The number of benzene rings is 2. The highest BCUT2D eigenvalue weighted by Crippen LogP contribution is 2.56. The van der Waals surface area contributed by atoms with E-state index >= 15 is 0 Å². The van der Waals surface area contributed by atoms with Gasteiger partial charge in [0.15, 0.2) is 0 Å². The van der Waals surface area contributed by atoms with E-state index in [0.717, 1.165) is 48.8 Å². The number of hydrogen-bond donors (Lipinski definition) is 2. The van der Waals surface area contributed by atoms with E-state index in [1.54, 1.807) is 6.07 Å². The molecule has 2 N–H and O–H groups in total. The number of nitrogens with zero attached hydrogens (tertiary/aromatic N) is 3. The third kappa shape index (κ3) is 4.67. The largest absolute Gasteiger partial charge is 0.362 e. The summed E-state index contributed by atoms with van der Waals surface area (Å²) in [5, 5.41) is 8.05. The number of nitrogens with one attached hydrogen (secondary N) is 2. The van der Waals surface area contributed by atoms with Crippen molar-refractivity contribution in [2.24, 2.45) is 5.41 Å². The molecule has 34 heavy (non-hydrogen) atoms. The van der Waals surface area contributed by atoms with Crippen LogP contribution in [-0.2, 0) is 11.2 Å². The highest BCUT2D eigenvalue weighted by atomic mass is 35.5. The molecule has 2 aliphatic carbocycles. The predicted molar refractivity (Wildman–Crippen MR) is 134 cm³/mol. The molecule has 2 aromatic carbocycles. The summed E-state index contributed by atoms with van der Waals surface area (Å²) in [5.41, 5.74) is 1.78. The first-order valence-electron chi connectivity index (χ1n) is 11.8. The second-order valence-corrected chi connectivity index (χ2v) is 10.2. The van der Waals surface area contributed by atoms with E-state index in [4.69, 9.17) is 21.6 Å². The Bertz CT molecular complexity index is 1230. The third-order valence-electron chi connectivity index (χ3n) is 7.21. The summed E-state index contributed by atoms with van der Waals surface area (Å²) in [4.78, 5) is 24.0. The van der Waals surface area contributed by atoms with Crippen LogP contribution < -0.4 is 15.5 Å². The Morgan fingerprint density at radius 2 is 1.94 bits per heavy atom. The summed E-state index contributed by atoms with van der Waals surface area (Å²) < 4.78 is 13.2. The van der Waals surface area contributed by atoms with Gasteiger partial charge in [0.25, 0.3) is 0 Å². The zero-order valence-electron chi connectivity index (χ0n) is 19.4. The van der Waals surface area contributed by atoms with E-state index < -0.39 is 5.82 Å². The number of carbonyl (C=O) groups is 1. The number of fused-ring (bicyclic) bond motifs is 1. The van der Waals surface area contributed by atoms with Gasteiger partial charge in [0.1, 0.15) is 11.6 Å². The van der Waals surface area contributed by atoms with Gasteiger partial charge in [0.2, 0.25) is 11.9 Å². The van der Waals surface area contributed by atoms with Crippen molar-refractivity contribution in [1.82, 2.24) is 15.3 Å². The fraction of sp³-hybridized carbons (Fsp3) is 0.423. The fourth-order valence-corrected chi connectivity index (χ4v) is 5.41. The molecule has 2 aliphatic rings. The SMILES string of the molecule is CN(C)c1nc(NC2CCC3(CC2)C[C@@H]3NC(=O)Cc2ccc(F)cc2Cl)nc2ccccc12. The van der Waals surface area contributed by atoms with Crippen LogP contribution in [0.2, 0.25) is 5.02 Å². The maximum atomic E-state index is 13.2. The smallest absolute Gasteiger partial charge is 0.225 e. The molecule has 178 valence electrons. The van der Waals surface area contributed by atoms with Crippen LogP contribution in [0.3, 0.4) is 0 Å². The van der Waals surface area contributed by atoms with Gasteiger partial charge in [0.05, 0.1) is 11.9 Å². The van der Waals surface area contributed by atoms with Gasteiger partial charge in [-0.05, 0) is 67.3 Å². The molecule has 0 saturated heterocycles. The van der Waals surface area contributed by atoms with Crippen molar-refractivity contribution in [3.05, 3.63) is 58.9 Å². The van der Waals surface area contributed by atoms with Crippen molar-refractivity contribution in [1.29, 1.82) is 0 Å². The fourth-order valence-electron chi connectivity index (χ4n) is 5.17. The van der Waals surface area contributed by atoms with Crippen LogP contribution in [0.15, 0.2) is 42.5 Å². The Balaban J connectivity index is 1.16. The lowest BCUT2D eigenvalue weighted by Crippen LogP contribution is -2.35. The van der Waals surface area contributed by atoms with Crippen molar-refractivity contribution >= 4 is 40.2 Å². The molecule has 1 atom stereocenters. The maximum Gasteiger partial charge on any atom is 0.225 e. The normalized spacial score (nSPS) is 23.6. The summed E-state index contributed by atoms with van der Waals surface area (Å²) >= 11 is 6.07. The minimum atomic E-state index is -0.396. The predicted octanol–water partition coefficient (Wildman–Crippen LogP) is 4.96. The lowest BCUT2D eigenvalue weighted by molar-refractivity contribution is -0.120. The van der Waals surface area contributed by atoms with E-state index in [1.165, 1.54) is 12.1 Å². The molecular weight excluding hydrogens is 453 g/mol. The van der Waals surface area contributed by atoms with E-state index in [9.17, 15) is 9.18 Å². The zero-order chi connectivity index (χ0) is 23.9. The molecule has 8 heteroatoms. The van der Waals surface area contributed by atoms with Gasteiger partial charge in [-0.1, -0.05) is 29.8 Å². The van der Waals surface area contributed by atoms with Crippen LogP contribution in [0, 0.1) is 11.2 Å². The van der Waals surface area contributed by atoms with Gasteiger partial charge in [0, 0.05) is 36.6 Å². The van der Waals surface area contributed by atoms with Crippen LogP contribution in [-0.4, -0.2) is 42.1 Å². The van der Waals surface area contributed by atoms with Gasteiger partial charge in [-0.3, -0.25) is 4.79 Å². The number of amides is 1. The molecule has 2 saturated carbocycles. The first-order chi connectivity index (χ1) is 16.3. The molecule has 1 aromatic heterocycles. The van der Waals surface area contributed by atoms with E-state index in [-0.39, 0.29) is 23.8 Å². The van der Waals surface area contributed by atoms with Gasteiger partial charge in [-0.25, -0.2) is 9.37 Å². The summed E-state index contributed by atoms with van der Waals surface area (Å²) in [5.74, 6) is 1.12. The Labute approximate surface area is 203 Å². The van der Waals surface area contributed by atoms with Crippen LogP contribution in [0.4, 0.5) is 16.2 Å². The van der Waals surface area contributed by atoms with Crippen LogP contribution in [0.25, 0.3) is 10.9 Å². The van der Waals surface area contributed by atoms with Gasteiger partial charge >= 0.3 is 0 Å². The van der Waals surface area contributed by atoms with Gasteiger partial charge in [-0.15, -0.1) is 0 Å². The van der Waals surface area contributed by atoms with E-state index in [1.807, 2.05) is 43.3 Å². The van der Waals surface area contributed by atoms with Gasteiger partial charge in [-0.2, -0.15) is 4.98 Å². The molecule has 6 nitrogen and oxygen atoms in total. The number of halogens is 2. The Hall–Kier alpha value is -2.93. The Kier molecular flexibility index (Phi) is 6.06. The molecule has 1 heterocycles. The first kappa shape index (κ1) is 22.8.